The van der Waals surface area contributed by atoms with Gasteiger partial charge in [-0.15, -0.1) is 0 Å². The number of alkyl halides is 2. The van der Waals surface area contributed by atoms with E-state index in [0.29, 0.717) is 6.54 Å². The number of halogens is 2. The number of rotatable bonds is 4. The van der Waals surface area contributed by atoms with Gasteiger partial charge in [-0.1, -0.05) is 18.9 Å². The van der Waals surface area contributed by atoms with Gasteiger partial charge >= 0.3 is 0 Å². The Bertz CT molecular complexity index is 556. The Hall–Kier alpha value is -1.76. The van der Waals surface area contributed by atoms with Gasteiger partial charge in [0.25, 0.3) is 5.92 Å². The fraction of sp³-hybridized carbons (Fsp3) is 0.647. The molecule has 0 spiro atoms. The quantitative estimate of drug-likeness (QED) is 0.882. The standard InChI is InChI=1S/C17H24F2N4O/c18-17(19)9-14(22-12-17)16(24)21-11-13-5-6-15(20-10-13)23-7-3-1-2-4-8-23/h5-6,10,14,22H,1-4,7-9,11-12H2,(H,21,24). The van der Waals surface area contributed by atoms with Crippen molar-refractivity contribution in [3.63, 3.8) is 0 Å². The second-order valence-electron chi connectivity index (χ2n) is 6.64. The van der Waals surface area contributed by atoms with E-state index in [-0.39, 0.29) is 5.91 Å². The highest BCUT2D eigenvalue weighted by Crippen LogP contribution is 2.25. The zero-order valence-corrected chi connectivity index (χ0v) is 13.7. The van der Waals surface area contributed by atoms with Crippen LogP contribution in [0.5, 0.6) is 0 Å². The number of carbonyl (C=O) groups is 1. The molecule has 0 aromatic carbocycles. The second kappa shape index (κ2) is 7.42. The number of pyridine rings is 1. The summed E-state index contributed by atoms with van der Waals surface area (Å²) >= 11 is 0. The van der Waals surface area contributed by atoms with E-state index in [1.807, 2.05) is 12.1 Å². The van der Waals surface area contributed by atoms with Crippen LogP contribution in [0.25, 0.3) is 0 Å². The third-order valence-electron chi connectivity index (χ3n) is 4.63. The molecule has 2 fully saturated rings. The number of hydrogen-bond donors (Lipinski definition) is 2. The van der Waals surface area contributed by atoms with Gasteiger partial charge in [0.2, 0.25) is 5.91 Å². The van der Waals surface area contributed by atoms with Crippen LogP contribution >= 0.6 is 0 Å². The molecule has 2 saturated heterocycles. The highest BCUT2D eigenvalue weighted by Gasteiger charge is 2.42. The fourth-order valence-corrected chi connectivity index (χ4v) is 3.22. The molecular weight excluding hydrogens is 314 g/mol. The largest absolute Gasteiger partial charge is 0.357 e. The maximum atomic E-state index is 13.1. The van der Waals surface area contributed by atoms with E-state index in [0.717, 1.165) is 24.5 Å². The molecule has 2 aliphatic heterocycles. The Morgan fingerprint density at radius 2 is 2.04 bits per heavy atom. The van der Waals surface area contributed by atoms with Crippen LogP contribution in [0.4, 0.5) is 14.6 Å². The van der Waals surface area contributed by atoms with Crippen molar-refractivity contribution < 1.29 is 13.6 Å². The van der Waals surface area contributed by atoms with E-state index in [9.17, 15) is 13.6 Å². The number of nitrogens with one attached hydrogen (secondary N) is 2. The minimum absolute atomic E-state index is 0.301. The Morgan fingerprint density at radius 1 is 1.29 bits per heavy atom. The van der Waals surface area contributed by atoms with Crippen molar-refractivity contribution in [3.05, 3.63) is 23.9 Å². The van der Waals surface area contributed by atoms with Gasteiger partial charge in [-0.3, -0.25) is 10.1 Å². The summed E-state index contributed by atoms with van der Waals surface area (Å²) in [5.74, 6) is -2.22. The molecule has 5 nitrogen and oxygen atoms in total. The summed E-state index contributed by atoms with van der Waals surface area (Å²) in [4.78, 5) is 18.7. The first kappa shape index (κ1) is 17.1. The Kier molecular flexibility index (Phi) is 5.28. The summed E-state index contributed by atoms with van der Waals surface area (Å²) in [6, 6.07) is 3.09. The third-order valence-corrected chi connectivity index (χ3v) is 4.63. The molecule has 1 amide bonds. The molecule has 132 valence electrons. The minimum atomic E-state index is -2.79. The van der Waals surface area contributed by atoms with Crippen molar-refractivity contribution in [2.45, 2.75) is 50.6 Å². The zero-order valence-electron chi connectivity index (χ0n) is 13.7. The normalized spacial score (nSPS) is 23.8. The van der Waals surface area contributed by atoms with Crippen LogP contribution < -0.4 is 15.5 Å². The SMILES string of the molecule is O=C(NCc1ccc(N2CCCCCC2)nc1)C1CC(F)(F)CN1. The van der Waals surface area contributed by atoms with Crippen molar-refractivity contribution in [1.82, 2.24) is 15.6 Å². The molecule has 24 heavy (non-hydrogen) atoms. The van der Waals surface area contributed by atoms with Gasteiger partial charge in [0.05, 0.1) is 12.6 Å². The van der Waals surface area contributed by atoms with E-state index >= 15 is 0 Å². The van der Waals surface area contributed by atoms with Gasteiger partial charge in [-0.05, 0) is 24.5 Å². The molecule has 0 saturated carbocycles. The molecule has 0 radical (unpaired) electrons. The summed E-state index contributed by atoms with van der Waals surface area (Å²) in [6.07, 6.45) is 6.24. The monoisotopic (exact) mass is 338 g/mol. The molecule has 0 aliphatic carbocycles. The van der Waals surface area contributed by atoms with E-state index in [4.69, 9.17) is 0 Å². The van der Waals surface area contributed by atoms with Gasteiger partial charge < -0.3 is 10.2 Å². The van der Waals surface area contributed by atoms with Crippen LogP contribution in [0.3, 0.4) is 0 Å². The molecule has 1 aromatic heterocycles. The highest BCUT2D eigenvalue weighted by atomic mass is 19.3. The van der Waals surface area contributed by atoms with Gasteiger partial charge in [0.1, 0.15) is 5.82 Å². The molecule has 3 heterocycles. The highest BCUT2D eigenvalue weighted by molar-refractivity contribution is 5.82. The number of nitrogens with zero attached hydrogens (tertiary/aromatic N) is 2. The average Bonchev–Trinajstić information content (AvgIpc) is 2.78. The lowest BCUT2D eigenvalue weighted by atomic mass is 10.2. The van der Waals surface area contributed by atoms with Crippen LogP contribution in [-0.4, -0.2) is 42.5 Å². The van der Waals surface area contributed by atoms with Crippen molar-refractivity contribution in [3.8, 4) is 0 Å². The van der Waals surface area contributed by atoms with Crippen LogP contribution in [0.1, 0.15) is 37.7 Å². The number of amides is 1. The number of aromatic nitrogens is 1. The molecular formula is C17H24F2N4O. The lowest BCUT2D eigenvalue weighted by molar-refractivity contribution is -0.123. The fourth-order valence-electron chi connectivity index (χ4n) is 3.22. The molecule has 3 rings (SSSR count). The summed E-state index contributed by atoms with van der Waals surface area (Å²) in [6.45, 7) is 1.93. The van der Waals surface area contributed by atoms with Gasteiger partial charge in [0.15, 0.2) is 0 Å². The van der Waals surface area contributed by atoms with Crippen LogP contribution in [0.2, 0.25) is 0 Å². The molecule has 1 atom stereocenters. The smallest absolute Gasteiger partial charge is 0.262 e. The molecule has 1 unspecified atom stereocenters. The first-order valence-corrected chi connectivity index (χ1v) is 8.62. The van der Waals surface area contributed by atoms with Crippen molar-refractivity contribution in [2.24, 2.45) is 0 Å². The maximum absolute atomic E-state index is 13.1. The van der Waals surface area contributed by atoms with Crippen molar-refractivity contribution >= 4 is 11.7 Å². The predicted molar refractivity (Wildman–Crippen MR) is 88.1 cm³/mol. The number of carbonyl (C=O) groups excluding carboxylic acids is 1. The van der Waals surface area contributed by atoms with Gasteiger partial charge in [-0.25, -0.2) is 13.8 Å². The molecule has 2 N–H and O–H groups in total. The van der Waals surface area contributed by atoms with E-state index < -0.39 is 24.9 Å². The van der Waals surface area contributed by atoms with Crippen LogP contribution in [-0.2, 0) is 11.3 Å². The zero-order chi connectivity index (χ0) is 17.0. The van der Waals surface area contributed by atoms with Gasteiger partial charge in [0, 0.05) is 32.3 Å². The van der Waals surface area contributed by atoms with E-state index in [1.165, 1.54) is 25.7 Å². The summed E-state index contributed by atoms with van der Waals surface area (Å²) in [5.41, 5.74) is 0.867. The summed E-state index contributed by atoms with van der Waals surface area (Å²) in [7, 11) is 0. The Balaban J connectivity index is 1.50. The lowest BCUT2D eigenvalue weighted by Crippen LogP contribution is -2.40. The predicted octanol–water partition coefficient (Wildman–Crippen LogP) is 2.08. The first-order chi connectivity index (χ1) is 11.5. The lowest BCUT2D eigenvalue weighted by Gasteiger charge is -2.21. The number of hydrogen-bond acceptors (Lipinski definition) is 4. The maximum Gasteiger partial charge on any atom is 0.262 e. The van der Waals surface area contributed by atoms with Crippen LogP contribution in [0.15, 0.2) is 18.3 Å². The topological polar surface area (TPSA) is 57.3 Å². The summed E-state index contributed by atoms with van der Waals surface area (Å²) < 4.78 is 26.2. The van der Waals surface area contributed by atoms with Gasteiger partial charge in [-0.2, -0.15) is 0 Å². The van der Waals surface area contributed by atoms with E-state index in [2.05, 4.69) is 20.5 Å². The first-order valence-electron chi connectivity index (χ1n) is 8.62. The number of anilines is 1. The molecule has 0 bridgehead atoms. The van der Waals surface area contributed by atoms with Crippen molar-refractivity contribution in [1.29, 1.82) is 0 Å². The average molecular weight is 338 g/mol. The molecule has 1 aromatic rings. The Morgan fingerprint density at radius 3 is 2.62 bits per heavy atom. The van der Waals surface area contributed by atoms with Crippen LogP contribution in [0, 0.1) is 0 Å². The van der Waals surface area contributed by atoms with Crippen molar-refractivity contribution in [2.75, 3.05) is 24.5 Å². The molecule has 2 aliphatic rings. The van der Waals surface area contributed by atoms with E-state index in [1.54, 1.807) is 6.20 Å². The summed E-state index contributed by atoms with van der Waals surface area (Å²) in [5, 5.41) is 5.26. The third kappa shape index (κ3) is 4.41. The Labute approximate surface area is 140 Å². The molecule has 7 heteroatoms. The second-order valence-corrected chi connectivity index (χ2v) is 6.64. The minimum Gasteiger partial charge on any atom is -0.357 e.